The van der Waals surface area contributed by atoms with E-state index in [1.54, 1.807) is 7.11 Å². The van der Waals surface area contributed by atoms with Crippen LogP contribution in [-0.4, -0.2) is 35.1 Å². The molecule has 8 heteroatoms. The maximum Gasteiger partial charge on any atom is 0.167 e. The number of rotatable bonds is 4. The van der Waals surface area contributed by atoms with Crippen molar-refractivity contribution in [3.05, 3.63) is 35.7 Å². The fourth-order valence-corrected chi connectivity index (χ4v) is 4.61. The number of anilines is 2. The quantitative estimate of drug-likeness (QED) is 0.752. The van der Waals surface area contributed by atoms with Crippen LogP contribution in [-0.2, 0) is 11.5 Å². The summed E-state index contributed by atoms with van der Waals surface area (Å²) < 4.78 is 5.66. The lowest BCUT2D eigenvalue weighted by Gasteiger charge is -2.28. The second-order valence-corrected chi connectivity index (χ2v) is 8.02. The number of nitrogen functional groups attached to an aromatic ring is 1. The second-order valence-electron chi connectivity index (χ2n) is 6.76. The number of thioether (sulfide) groups is 1. The summed E-state index contributed by atoms with van der Waals surface area (Å²) in [6.45, 7) is 3.20. The van der Waals surface area contributed by atoms with Crippen molar-refractivity contribution < 1.29 is 4.74 Å². The van der Waals surface area contributed by atoms with Gasteiger partial charge in [-0.05, 0) is 32.0 Å². The predicted molar refractivity (Wildman–Crippen MR) is 104 cm³/mol. The van der Waals surface area contributed by atoms with Gasteiger partial charge >= 0.3 is 0 Å². The summed E-state index contributed by atoms with van der Waals surface area (Å²) in [6, 6.07) is 6.17. The fourth-order valence-electron chi connectivity index (χ4n) is 3.54. The van der Waals surface area contributed by atoms with Gasteiger partial charge in [0.25, 0.3) is 0 Å². The van der Waals surface area contributed by atoms with Crippen molar-refractivity contribution in [2.24, 2.45) is 5.73 Å². The Balaban J connectivity index is 1.59. The minimum absolute atomic E-state index is 0.438. The number of fused-ring (bicyclic) bond motifs is 1. The van der Waals surface area contributed by atoms with Crippen molar-refractivity contribution in [3.63, 3.8) is 0 Å². The third-order valence-electron chi connectivity index (χ3n) is 4.96. The van der Waals surface area contributed by atoms with Crippen molar-refractivity contribution in [2.45, 2.75) is 35.7 Å². The number of ether oxygens (including phenoxy) is 1. The van der Waals surface area contributed by atoms with Gasteiger partial charge in [0.1, 0.15) is 23.7 Å². The zero-order valence-electron chi connectivity index (χ0n) is 14.9. The number of benzene rings is 1. The molecule has 138 valence electrons. The van der Waals surface area contributed by atoms with Crippen molar-refractivity contribution in [1.82, 2.24) is 14.9 Å². The van der Waals surface area contributed by atoms with Crippen LogP contribution in [0.25, 0.3) is 0 Å². The predicted octanol–water partition coefficient (Wildman–Crippen LogP) is 2.34. The number of methoxy groups -OCH3 is 1. The van der Waals surface area contributed by atoms with Gasteiger partial charge in [-0.15, -0.1) is 0 Å². The molecular weight excluding hydrogens is 348 g/mol. The number of nitrogens with two attached hydrogens (primary N) is 2. The molecule has 1 fully saturated rings. The molecule has 1 atom stereocenters. The zero-order valence-corrected chi connectivity index (χ0v) is 15.7. The SMILES string of the molecule is COc1cc(C2(N)Nc3ncnc(N)c3S2)ccc1CN1CCCCC1. The molecule has 0 aliphatic carbocycles. The van der Waals surface area contributed by atoms with E-state index in [0.29, 0.717) is 11.6 Å². The summed E-state index contributed by atoms with van der Waals surface area (Å²) >= 11 is 1.43. The Hall–Kier alpha value is -2.03. The first-order valence-electron chi connectivity index (χ1n) is 8.85. The molecule has 0 bridgehead atoms. The van der Waals surface area contributed by atoms with Crippen LogP contribution in [0, 0.1) is 0 Å². The van der Waals surface area contributed by atoms with Crippen LogP contribution >= 0.6 is 11.8 Å². The molecule has 26 heavy (non-hydrogen) atoms. The Morgan fingerprint density at radius 2 is 2.08 bits per heavy atom. The smallest absolute Gasteiger partial charge is 0.167 e. The van der Waals surface area contributed by atoms with Gasteiger partial charge in [0.15, 0.2) is 4.99 Å². The molecule has 5 N–H and O–H groups in total. The summed E-state index contributed by atoms with van der Waals surface area (Å²) in [5.41, 5.74) is 14.7. The Kier molecular flexibility index (Phi) is 4.64. The lowest BCUT2D eigenvalue weighted by Crippen LogP contribution is -2.38. The van der Waals surface area contributed by atoms with E-state index < -0.39 is 4.99 Å². The molecule has 2 aliphatic heterocycles. The number of piperidine rings is 1. The van der Waals surface area contributed by atoms with Crippen molar-refractivity contribution in [3.8, 4) is 5.75 Å². The highest BCUT2D eigenvalue weighted by atomic mass is 32.2. The molecule has 0 spiro atoms. The molecule has 0 amide bonds. The van der Waals surface area contributed by atoms with E-state index in [-0.39, 0.29) is 0 Å². The van der Waals surface area contributed by atoms with Gasteiger partial charge in [0, 0.05) is 17.7 Å². The van der Waals surface area contributed by atoms with E-state index in [1.165, 1.54) is 42.9 Å². The molecule has 1 unspecified atom stereocenters. The van der Waals surface area contributed by atoms with E-state index in [1.807, 2.05) is 6.07 Å². The van der Waals surface area contributed by atoms with E-state index in [9.17, 15) is 0 Å². The highest BCUT2D eigenvalue weighted by Gasteiger charge is 2.38. The summed E-state index contributed by atoms with van der Waals surface area (Å²) in [6.07, 6.45) is 5.31. The van der Waals surface area contributed by atoms with Crippen LogP contribution in [0.4, 0.5) is 11.6 Å². The van der Waals surface area contributed by atoms with Crippen LogP contribution in [0.5, 0.6) is 5.75 Å². The maximum absolute atomic E-state index is 6.62. The fraction of sp³-hybridized carbons (Fsp3) is 0.444. The number of likely N-dealkylation sites (tertiary alicyclic amines) is 1. The van der Waals surface area contributed by atoms with Crippen LogP contribution in [0.2, 0.25) is 0 Å². The summed E-state index contributed by atoms with van der Waals surface area (Å²) in [5, 5.41) is 3.26. The number of nitrogens with one attached hydrogen (secondary N) is 1. The molecule has 7 nitrogen and oxygen atoms in total. The van der Waals surface area contributed by atoms with Gasteiger partial charge in [-0.2, -0.15) is 0 Å². The standard InChI is InChI=1S/C18H24N6OS/c1-25-14-9-13(6-5-12(14)10-24-7-3-2-4-8-24)18(20)23-17-15(26-18)16(19)21-11-22-17/h5-6,9,11H,2-4,7-8,10,20H2,1H3,(H3,19,21,22,23). The Morgan fingerprint density at radius 1 is 1.27 bits per heavy atom. The normalized spacial score (nSPS) is 22.7. The van der Waals surface area contributed by atoms with Gasteiger partial charge in [-0.25, -0.2) is 9.97 Å². The van der Waals surface area contributed by atoms with Gasteiger partial charge < -0.3 is 15.8 Å². The maximum atomic E-state index is 6.62. The molecule has 4 rings (SSSR count). The molecule has 2 aromatic rings. The highest BCUT2D eigenvalue weighted by molar-refractivity contribution is 8.01. The molecule has 0 radical (unpaired) electrons. The summed E-state index contributed by atoms with van der Waals surface area (Å²) in [4.78, 5) is 10.7. The molecule has 1 aromatic carbocycles. The van der Waals surface area contributed by atoms with Crippen LogP contribution in [0.3, 0.4) is 0 Å². The van der Waals surface area contributed by atoms with Gasteiger partial charge in [0.2, 0.25) is 0 Å². The minimum Gasteiger partial charge on any atom is -0.496 e. The number of hydrogen-bond acceptors (Lipinski definition) is 8. The number of hydrogen-bond donors (Lipinski definition) is 3. The van der Waals surface area contributed by atoms with Crippen molar-refractivity contribution in [2.75, 3.05) is 31.2 Å². The lowest BCUT2D eigenvalue weighted by atomic mass is 10.1. The highest BCUT2D eigenvalue weighted by Crippen LogP contribution is 2.49. The first-order chi connectivity index (χ1) is 12.6. The monoisotopic (exact) mass is 372 g/mol. The minimum atomic E-state index is -0.844. The summed E-state index contributed by atoms with van der Waals surface area (Å²) in [7, 11) is 1.70. The van der Waals surface area contributed by atoms with E-state index >= 15 is 0 Å². The number of aromatic nitrogens is 2. The third kappa shape index (κ3) is 3.20. The first kappa shape index (κ1) is 17.4. The third-order valence-corrected chi connectivity index (χ3v) is 6.22. The summed E-state index contributed by atoms with van der Waals surface area (Å²) in [5.74, 6) is 1.96. The average molecular weight is 372 g/mol. The van der Waals surface area contributed by atoms with Gasteiger partial charge in [-0.3, -0.25) is 10.6 Å². The molecule has 3 heterocycles. The number of nitrogens with zero attached hydrogens (tertiary/aromatic N) is 3. The molecule has 0 saturated carbocycles. The Labute approximate surface area is 157 Å². The molecule has 1 saturated heterocycles. The molecular formula is C18H24N6OS. The van der Waals surface area contributed by atoms with Crippen LogP contribution < -0.4 is 21.5 Å². The van der Waals surface area contributed by atoms with Crippen molar-refractivity contribution in [1.29, 1.82) is 0 Å². The van der Waals surface area contributed by atoms with Gasteiger partial charge in [-0.1, -0.05) is 30.3 Å². The van der Waals surface area contributed by atoms with Gasteiger partial charge in [0.05, 0.1) is 12.0 Å². The van der Waals surface area contributed by atoms with Crippen molar-refractivity contribution >= 4 is 23.4 Å². The molecule has 1 aromatic heterocycles. The van der Waals surface area contributed by atoms with E-state index in [0.717, 1.165) is 35.8 Å². The first-order valence-corrected chi connectivity index (χ1v) is 9.67. The molecule has 2 aliphatic rings. The average Bonchev–Trinajstić information content (AvgIpc) is 3.02. The van der Waals surface area contributed by atoms with E-state index in [2.05, 4.69) is 32.3 Å². The largest absolute Gasteiger partial charge is 0.496 e. The lowest BCUT2D eigenvalue weighted by molar-refractivity contribution is 0.218. The topological polar surface area (TPSA) is 102 Å². The van der Waals surface area contributed by atoms with Crippen LogP contribution in [0.15, 0.2) is 29.4 Å². The zero-order chi connectivity index (χ0) is 18.1. The second kappa shape index (κ2) is 6.94. The van der Waals surface area contributed by atoms with E-state index in [4.69, 9.17) is 16.2 Å². The Morgan fingerprint density at radius 3 is 2.81 bits per heavy atom. The van der Waals surface area contributed by atoms with Crippen LogP contribution in [0.1, 0.15) is 30.4 Å². The Bertz CT molecular complexity index is 810.